The highest BCUT2D eigenvalue weighted by Gasteiger charge is 2.03. The Balaban J connectivity index is 1.69. The molecular weight excluding hydrogens is 318 g/mol. The number of hydrogen-bond donors (Lipinski definition) is 0. The molecule has 0 aliphatic carbocycles. The monoisotopic (exact) mass is 329 g/mol. The van der Waals surface area contributed by atoms with Crippen molar-refractivity contribution in [2.24, 2.45) is 0 Å². The van der Waals surface area contributed by atoms with Crippen molar-refractivity contribution in [3.8, 4) is 11.6 Å². The molecular formula is C15H12BrN3O. The Labute approximate surface area is 125 Å². The first kappa shape index (κ1) is 12.9. The Morgan fingerprint density at radius 1 is 1.00 bits per heavy atom. The zero-order chi connectivity index (χ0) is 13.8. The van der Waals surface area contributed by atoms with Crippen molar-refractivity contribution in [2.45, 2.75) is 6.54 Å². The van der Waals surface area contributed by atoms with E-state index < -0.39 is 0 Å². The zero-order valence-electron chi connectivity index (χ0n) is 10.6. The van der Waals surface area contributed by atoms with Crippen molar-refractivity contribution < 1.29 is 4.74 Å². The van der Waals surface area contributed by atoms with Gasteiger partial charge in [-0.2, -0.15) is 0 Å². The predicted octanol–water partition coefficient (Wildman–Crippen LogP) is 3.88. The molecule has 0 saturated heterocycles. The highest BCUT2D eigenvalue weighted by Crippen LogP contribution is 2.21. The standard InChI is InChI=1S/C15H12BrN3O/c16-13-6-8-14(9-7-13)20-15-11-19(18-17-15)10-12-4-2-1-3-5-12/h1-9,11H,10H2. The Morgan fingerprint density at radius 3 is 2.50 bits per heavy atom. The molecule has 1 heterocycles. The fourth-order valence-electron chi connectivity index (χ4n) is 1.80. The largest absolute Gasteiger partial charge is 0.436 e. The molecule has 3 aromatic rings. The second-order valence-electron chi connectivity index (χ2n) is 4.30. The van der Waals surface area contributed by atoms with Gasteiger partial charge in [0, 0.05) is 4.47 Å². The first-order chi connectivity index (χ1) is 9.79. The van der Waals surface area contributed by atoms with Crippen molar-refractivity contribution in [2.75, 3.05) is 0 Å². The summed E-state index contributed by atoms with van der Waals surface area (Å²) < 4.78 is 8.40. The van der Waals surface area contributed by atoms with Crippen LogP contribution in [0.5, 0.6) is 11.6 Å². The van der Waals surface area contributed by atoms with Gasteiger partial charge in [-0.3, -0.25) is 0 Å². The molecule has 1 aromatic heterocycles. The van der Waals surface area contributed by atoms with Crippen LogP contribution in [-0.2, 0) is 6.54 Å². The second kappa shape index (κ2) is 5.88. The van der Waals surface area contributed by atoms with Gasteiger partial charge in [0.05, 0.1) is 12.7 Å². The summed E-state index contributed by atoms with van der Waals surface area (Å²) >= 11 is 3.38. The molecule has 5 heteroatoms. The highest BCUT2D eigenvalue weighted by molar-refractivity contribution is 9.10. The zero-order valence-corrected chi connectivity index (χ0v) is 12.2. The van der Waals surface area contributed by atoms with Crippen molar-refractivity contribution in [1.29, 1.82) is 0 Å². The van der Waals surface area contributed by atoms with Gasteiger partial charge in [-0.15, -0.1) is 0 Å². The maximum atomic E-state index is 5.64. The molecule has 0 spiro atoms. The quantitative estimate of drug-likeness (QED) is 0.729. The topological polar surface area (TPSA) is 39.9 Å². The van der Waals surface area contributed by atoms with E-state index in [2.05, 4.69) is 38.4 Å². The lowest BCUT2D eigenvalue weighted by Crippen LogP contribution is -1.99. The van der Waals surface area contributed by atoms with Crippen LogP contribution in [0.15, 0.2) is 65.3 Å². The molecule has 100 valence electrons. The van der Waals surface area contributed by atoms with Crippen LogP contribution in [0.1, 0.15) is 5.56 Å². The minimum atomic E-state index is 0.489. The van der Waals surface area contributed by atoms with Gasteiger partial charge in [0.15, 0.2) is 0 Å². The molecule has 0 unspecified atom stereocenters. The van der Waals surface area contributed by atoms with Crippen LogP contribution in [-0.4, -0.2) is 15.0 Å². The van der Waals surface area contributed by atoms with E-state index in [-0.39, 0.29) is 0 Å². The lowest BCUT2D eigenvalue weighted by molar-refractivity contribution is 0.461. The third-order valence-corrected chi connectivity index (χ3v) is 3.27. The molecule has 0 N–H and O–H groups in total. The molecule has 0 bridgehead atoms. The van der Waals surface area contributed by atoms with Crippen molar-refractivity contribution in [1.82, 2.24) is 15.0 Å². The summed E-state index contributed by atoms with van der Waals surface area (Å²) in [6, 6.07) is 17.7. The fraction of sp³-hybridized carbons (Fsp3) is 0.0667. The van der Waals surface area contributed by atoms with Crippen LogP contribution < -0.4 is 4.74 Å². The third-order valence-electron chi connectivity index (χ3n) is 2.74. The van der Waals surface area contributed by atoms with E-state index in [9.17, 15) is 0 Å². The Kier molecular flexibility index (Phi) is 3.78. The molecule has 0 aliphatic heterocycles. The highest BCUT2D eigenvalue weighted by atomic mass is 79.9. The summed E-state index contributed by atoms with van der Waals surface area (Å²) in [5, 5.41) is 8.07. The molecule has 0 saturated carbocycles. The normalized spacial score (nSPS) is 10.4. The average Bonchev–Trinajstić information content (AvgIpc) is 2.90. The average molecular weight is 330 g/mol. The first-order valence-electron chi connectivity index (χ1n) is 6.17. The lowest BCUT2D eigenvalue weighted by atomic mass is 10.2. The van der Waals surface area contributed by atoms with Crippen LogP contribution >= 0.6 is 15.9 Å². The molecule has 0 amide bonds. The smallest absolute Gasteiger partial charge is 0.258 e. The molecule has 0 fully saturated rings. The number of rotatable bonds is 4. The van der Waals surface area contributed by atoms with E-state index in [0.29, 0.717) is 12.4 Å². The van der Waals surface area contributed by atoms with Gasteiger partial charge >= 0.3 is 0 Å². The number of hydrogen-bond acceptors (Lipinski definition) is 3. The van der Waals surface area contributed by atoms with Gasteiger partial charge < -0.3 is 4.74 Å². The minimum Gasteiger partial charge on any atom is -0.436 e. The number of halogens is 1. The van der Waals surface area contributed by atoms with E-state index in [0.717, 1.165) is 10.2 Å². The summed E-state index contributed by atoms with van der Waals surface area (Å²) in [6.07, 6.45) is 1.79. The SMILES string of the molecule is Brc1ccc(Oc2cn(Cc3ccccc3)nn2)cc1. The molecule has 4 nitrogen and oxygen atoms in total. The van der Waals surface area contributed by atoms with Crippen molar-refractivity contribution >= 4 is 15.9 Å². The Morgan fingerprint density at radius 2 is 1.75 bits per heavy atom. The molecule has 0 aliphatic rings. The van der Waals surface area contributed by atoms with Gasteiger partial charge in [-0.05, 0) is 29.8 Å². The van der Waals surface area contributed by atoms with Crippen molar-refractivity contribution in [3.63, 3.8) is 0 Å². The predicted molar refractivity (Wildman–Crippen MR) is 79.8 cm³/mol. The minimum absolute atomic E-state index is 0.489. The third kappa shape index (κ3) is 3.24. The lowest BCUT2D eigenvalue weighted by Gasteiger charge is -2.01. The molecule has 20 heavy (non-hydrogen) atoms. The Bertz CT molecular complexity index is 680. The van der Waals surface area contributed by atoms with Crippen LogP contribution in [0.25, 0.3) is 0 Å². The van der Waals surface area contributed by atoms with E-state index in [1.165, 1.54) is 5.56 Å². The van der Waals surface area contributed by atoms with Gasteiger partial charge in [0.1, 0.15) is 5.75 Å². The van der Waals surface area contributed by atoms with Gasteiger partial charge in [0.25, 0.3) is 5.88 Å². The summed E-state index contributed by atoms with van der Waals surface area (Å²) in [6.45, 7) is 0.678. The summed E-state index contributed by atoms with van der Waals surface area (Å²) in [5.41, 5.74) is 1.17. The van der Waals surface area contributed by atoms with E-state index in [1.54, 1.807) is 10.9 Å². The maximum absolute atomic E-state index is 5.64. The first-order valence-corrected chi connectivity index (χ1v) is 6.96. The van der Waals surface area contributed by atoms with E-state index >= 15 is 0 Å². The molecule has 3 rings (SSSR count). The van der Waals surface area contributed by atoms with Gasteiger partial charge in [-0.25, -0.2) is 4.68 Å². The molecule has 0 atom stereocenters. The Hall–Kier alpha value is -2.14. The number of nitrogens with zero attached hydrogens (tertiary/aromatic N) is 3. The van der Waals surface area contributed by atoms with Crippen LogP contribution in [0.3, 0.4) is 0 Å². The second-order valence-corrected chi connectivity index (χ2v) is 5.21. The maximum Gasteiger partial charge on any atom is 0.258 e. The summed E-state index contributed by atoms with van der Waals surface area (Å²) in [5.74, 6) is 1.23. The number of aromatic nitrogens is 3. The number of ether oxygens (including phenoxy) is 1. The molecule has 0 radical (unpaired) electrons. The summed E-state index contributed by atoms with van der Waals surface area (Å²) in [4.78, 5) is 0. The van der Waals surface area contributed by atoms with E-state index in [1.807, 2.05) is 42.5 Å². The fourth-order valence-corrected chi connectivity index (χ4v) is 2.06. The van der Waals surface area contributed by atoms with Gasteiger partial charge in [0.2, 0.25) is 0 Å². The van der Waals surface area contributed by atoms with Crippen molar-refractivity contribution in [3.05, 3.63) is 70.8 Å². The van der Waals surface area contributed by atoms with E-state index in [4.69, 9.17) is 4.74 Å². The molecule has 2 aromatic carbocycles. The van der Waals surface area contributed by atoms with Crippen LogP contribution in [0.2, 0.25) is 0 Å². The van der Waals surface area contributed by atoms with Gasteiger partial charge in [-0.1, -0.05) is 56.6 Å². The number of benzene rings is 2. The summed E-state index contributed by atoms with van der Waals surface area (Å²) in [7, 11) is 0. The van der Waals surface area contributed by atoms with Crippen LogP contribution in [0, 0.1) is 0 Å². The van der Waals surface area contributed by atoms with Crippen LogP contribution in [0.4, 0.5) is 0 Å².